The minimum atomic E-state index is -0.220. The number of hydrogen-bond acceptors (Lipinski definition) is 2. The summed E-state index contributed by atoms with van der Waals surface area (Å²) in [7, 11) is 0. The number of anilines is 2. The minimum absolute atomic E-state index is 0.114. The van der Waals surface area contributed by atoms with Gasteiger partial charge in [-0.1, -0.05) is 146 Å². The summed E-state index contributed by atoms with van der Waals surface area (Å²) in [5.74, 6) is 0. The van der Waals surface area contributed by atoms with Crippen molar-refractivity contribution in [2.24, 2.45) is 0 Å². The number of hydrogen-bond donors (Lipinski definition) is 0. The van der Waals surface area contributed by atoms with E-state index in [-0.39, 0.29) is 8.84 Å². The summed E-state index contributed by atoms with van der Waals surface area (Å²) in [5.41, 5.74) is 18.2. The van der Waals surface area contributed by atoms with Crippen molar-refractivity contribution in [3.63, 3.8) is 0 Å². The molecule has 11 rings (SSSR count). The van der Waals surface area contributed by atoms with Gasteiger partial charge in [0.25, 0.3) is 0 Å². The zero-order chi connectivity index (χ0) is 36.3. The average molecular weight is 808 g/mol. The van der Waals surface area contributed by atoms with E-state index >= 15 is 0 Å². The van der Waals surface area contributed by atoms with Crippen molar-refractivity contribution in [3.05, 3.63) is 180 Å². The fourth-order valence-electron chi connectivity index (χ4n) is 9.76. The zero-order valence-corrected chi connectivity index (χ0v) is 32.7. The van der Waals surface area contributed by atoms with E-state index in [0.717, 1.165) is 35.1 Å². The molecule has 2 nitrogen and oxygen atoms in total. The van der Waals surface area contributed by atoms with Gasteiger partial charge < -0.3 is 9.32 Å². The average Bonchev–Trinajstić information content (AvgIpc) is 3.78. The number of allylic oxidation sites excluding steroid dienone is 3. The molecule has 260 valence electrons. The van der Waals surface area contributed by atoms with Crippen molar-refractivity contribution in [1.82, 2.24) is 0 Å². The molecule has 0 spiro atoms. The molecule has 0 radical (unpaired) electrons. The van der Waals surface area contributed by atoms with Crippen LogP contribution in [0.3, 0.4) is 0 Å². The highest BCUT2D eigenvalue weighted by Gasteiger charge is 2.41. The van der Waals surface area contributed by atoms with Crippen LogP contribution in [0.25, 0.3) is 66.1 Å². The first kappa shape index (κ1) is 32.1. The van der Waals surface area contributed by atoms with Crippen molar-refractivity contribution in [1.29, 1.82) is 0 Å². The first-order valence-corrected chi connectivity index (χ1v) is 20.1. The van der Waals surface area contributed by atoms with E-state index in [4.69, 9.17) is 4.42 Å². The van der Waals surface area contributed by atoms with Gasteiger partial charge in [0.05, 0.1) is 3.42 Å². The van der Waals surface area contributed by atoms with Crippen LogP contribution in [-0.2, 0) is 8.84 Å². The van der Waals surface area contributed by atoms with Crippen molar-refractivity contribution >= 4 is 66.7 Å². The predicted octanol–water partition coefficient (Wildman–Crippen LogP) is 14.8. The maximum atomic E-state index is 7.01. The smallest absolute Gasteiger partial charge is 0.144 e. The normalized spacial score (nSPS) is 17.7. The molecule has 0 saturated carbocycles. The molecule has 8 aromatic rings. The summed E-state index contributed by atoms with van der Waals surface area (Å²) in [6, 6.07) is 49.4. The molecule has 0 aliphatic heterocycles. The molecule has 1 aromatic heterocycles. The highest BCUT2D eigenvalue weighted by molar-refractivity contribution is 14.1. The Labute approximate surface area is 329 Å². The first-order chi connectivity index (χ1) is 26.3. The highest BCUT2D eigenvalue weighted by Crippen LogP contribution is 2.58. The van der Waals surface area contributed by atoms with E-state index in [9.17, 15) is 0 Å². The van der Waals surface area contributed by atoms with E-state index < -0.39 is 0 Å². The van der Waals surface area contributed by atoms with Gasteiger partial charge in [-0.05, 0) is 123 Å². The molecular weight excluding hydrogens is 769 g/mol. The lowest BCUT2D eigenvalue weighted by molar-refractivity contribution is 0.657. The molecule has 7 aromatic carbocycles. The van der Waals surface area contributed by atoms with Gasteiger partial charge in [0, 0.05) is 38.8 Å². The monoisotopic (exact) mass is 807 g/mol. The van der Waals surface area contributed by atoms with Crippen LogP contribution in [0, 0.1) is 0 Å². The van der Waals surface area contributed by atoms with Crippen LogP contribution in [0.1, 0.15) is 55.9 Å². The summed E-state index contributed by atoms with van der Waals surface area (Å²) in [6.45, 7) is 7.12. The summed E-state index contributed by atoms with van der Waals surface area (Å²) < 4.78 is 6.90. The van der Waals surface area contributed by atoms with Gasteiger partial charge in [0.15, 0.2) is 0 Å². The second-order valence-corrected chi connectivity index (χ2v) is 17.9. The lowest BCUT2D eigenvalue weighted by Crippen LogP contribution is -2.18. The minimum Gasteiger partial charge on any atom is -0.455 e. The maximum Gasteiger partial charge on any atom is 0.144 e. The van der Waals surface area contributed by atoms with Crippen LogP contribution in [0.15, 0.2) is 162 Å². The van der Waals surface area contributed by atoms with Crippen LogP contribution in [-0.4, -0.2) is 0 Å². The number of halogens is 1. The van der Waals surface area contributed by atoms with E-state index in [0.29, 0.717) is 0 Å². The summed E-state index contributed by atoms with van der Waals surface area (Å²) in [6.07, 6.45) is 9.10. The lowest BCUT2D eigenvalue weighted by atomic mass is 9.79. The number of furan rings is 1. The molecule has 1 atom stereocenters. The zero-order valence-electron chi connectivity index (χ0n) is 30.6. The van der Waals surface area contributed by atoms with Gasteiger partial charge in [0.1, 0.15) is 11.2 Å². The number of benzene rings is 7. The topological polar surface area (TPSA) is 16.4 Å². The molecule has 0 amide bonds. The maximum absolute atomic E-state index is 7.01. The number of rotatable bonds is 4. The first-order valence-electron chi connectivity index (χ1n) is 19.0. The molecule has 0 saturated heterocycles. The number of alkyl halides is 1. The molecule has 0 N–H and O–H groups in total. The van der Waals surface area contributed by atoms with Crippen LogP contribution < -0.4 is 4.90 Å². The molecule has 0 fully saturated rings. The van der Waals surface area contributed by atoms with E-state index in [1.54, 1.807) is 0 Å². The number of fused-ring (bicyclic) bond motifs is 13. The molecule has 3 aliphatic carbocycles. The van der Waals surface area contributed by atoms with Gasteiger partial charge >= 0.3 is 0 Å². The molecule has 54 heavy (non-hydrogen) atoms. The SMILES string of the molecule is CC1(C)c2ccc(N(C3=CCCC=C3)c3ccc4c(c3)C(C)(I)c3ccccc3-4)cc2-c2c1c1ccccc1c1c2oc2ccc(-c3ccccc3)cc21. The van der Waals surface area contributed by atoms with E-state index in [1.807, 2.05) is 0 Å². The van der Waals surface area contributed by atoms with Crippen LogP contribution in [0.5, 0.6) is 0 Å². The van der Waals surface area contributed by atoms with Gasteiger partial charge in [0.2, 0.25) is 0 Å². The van der Waals surface area contributed by atoms with Gasteiger partial charge in [-0.25, -0.2) is 0 Å². The Morgan fingerprint density at radius 2 is 1.33 bits per heavy atom. The fraction of sp³-hybridized carbons (Fsp3) is 0.137. The standard InChI is InChI=1S/C51H38INO/c1-50(2)42-26-24-34(53(33-16-8-5-9-17-33)35-23-25-37-36-18-12-13-21-43(36)51(3,52)44(37)30-35)29-40(42)47-48(50)39-20-11-10-19-38(39)46-41-28-32(31-14-6-4-7-15-31)22-27-45(41)54-49(46)47/h4,6-8,10-30H,5,9H2,1-3H3. The Hall–Kier alpha value is -5.39. The van der Waals surface area contributed by atoms with Crippen molar-refractivity contribution in [2.75, 3.05) is 4.90 Å². The molecule has 1 unspecified atom stereocenters. The molecule has 3 heteroatoms. The molecule has 0 bridgehead atoms. The Kier molecular flexibility index (Phi) is 6.86. The van der Waals surface area contributed by atoms with Crippen LogP contribution in [0.2, 0.25) is 0 Å². The van der Waals surface area contributed by atoms with Crippen molar-refractivity contribution in [2.45, 2.75) is 42.4 Å². The summed E-state index contributed by atoms with van der Waals surface area (Å²) >= 11 is 2.65. The molecule has 1 heterocycles. The largest absolute Gasteiger partial charge is 0.455 e. The third-order valence-corrected chi connectivity index (χ3v) is 13.5. The van der Waals surface area contributed by atoms with Crippen LogP contribution >= 0.6 is 22.6 Å². The van der Waals surface area contributed by atoms with Gasteiger partial charge in [-0.3, -0.25) is 0 Å². The number of nitrogens with zero attached hydrogens (tertiary/aromatic N) is 1. The molecule has 3 aliphatic rings. The van der Waals surface area contributed by atoms with Crippen molar-refractivity contribution in [3.8, 4) is 33.4 Å². The summed E-state index contributed by atoms with van der Waals surface area (Å²) in [4.78, 5) is 2.47. The Morgan fingerprint density at radius 3 is 2.17 bits per heavy atom. The van der Waals surface area contributed by atoms with Crippen molar-refractivity contribution < 1.29 is 4.42 Å². The van der Waals surface area contributed by atoms with Gasteiger partial charge in [-0.2, -0.15) is 0 Å². The fourth-order valence-corrected chi connectivity index (χ4v) is 10.7. The van der Waals surface area contributed by atoms with E-state index in [2.05, 4.69) is 200 Å². The highest BCUT2D eigenvalue weighted by atomic mass is 127. The van der Waals surface area contributed by atoms with E-state index in [1.165, 1.54) is 83.2 Å². The third-order valence-electron chi connectivity index (χ3n) is 12.3. The van der Waals surface area contributed by atoms with Gasteiger partial charge in [-0.15, -0.1) is 0 Å². The lowest BCUT2D eigenvalue weighted by Gasteiger charge is -2.30. The Balaban J connectivity index is 1.15. The second kappa shape index (κ2) is 11.6. The Bertz CT molecular complexity index is 2940. The molecular formula is C51H38INO. The third kappa shape index (κ3) is 4.45. The Morgan fingerprint density at radius 1 is 0.593 bits per heavy atom. The second-order valence-electron chi connectivity index (χ2n) is 15.8. The van der Waals surface area contributed by atoms with Crippen LogP contribution in [0.4, 0.5) is 11.4 Å². The summed E-state index contributed by atoms with van der Waals surface area (Å²) in [5, 5.41) is 4.90. The quantitative estimate of drug-likeness (QED) is 0.130. The predicted molar refractivity (Wildman–Crippen MR) is 235 cm³/mol.